The van der Waals surface area contributed by atoms with Gasteiger partial charge >= 0.3 is 0 Å². The zero-order chi connectivity index (χ0) is 17.6. The first-order chi connectivity index (χ1) is 10.8. The predicted molar refractivity (Wildman–Crippen MR) is 91.7 cm³/mol. The summed E-state index contributed by atoms with van der Waals surface area (Å²) in [7, 11) is 3.28. The van der Waals surface area contributed by atoms with E-state index in [2.05, 4.69) is 33.0 Å². The fraction of sp³-hybridized carbons (Fsp3) is 0.474. The van der Waals surface area contributed by atoms with Crippen molar-refractivity contribution < 1.29 is 13.5 Å². The molecule has 0 radical (unpaired) electrons. The maximum atomic E-state index is 14.0. The highest BCUT2D eigenvalue weighted by atomic mass is 19.1. The number of ether oxygens (including phenoxy) is 1. The van der Waals surface area contributed by atoms with Crippen molar-refractivity contribution in [3.8, 4) is 0 Å². The zero-order valence-corrected chi connectivity index (χ0v) is 14.8. The molecule has 2 nitrogen and oxygen atoms in total. The van der Waals surface area contributed by atoms with Gasteiger partial charge in [-0.2, -0.15) is 0 Å². The summed E-state index contributed by atoms with van der Waals surface area (Å²) in [5.74, 6) is 0.819. The van der Waals surface area contributed by atoms with Crippen molar-refractivity contribution in [3.05, 3.63) is 53.3 Å². The number of benzene rings is 1. The van der Waals surface area contributed by atoms with Gasteiger partial charge in [-0.15, -0.1) is 0 Å². The van der Waals surface area contributed by atoms with Crippen molar-refractivity contribution in [2.75, 3.05) is 14.2 Å². The first-order valence-electron chi connectivity index (χ1n) is 7.90. The molecule has 0 saturated heterocycles. The molecule has 0 saturated carbocycles. The third kappa shape index (κ3) is 5.38. The minimum Gasteiger partial charge on any atom is -0.497 e. The third-order valence-corrected chi connectivity index (χ3v) is 4.32. The van der Waals surface area contributed by atoms with Gasteiger partial charge < -0.3 is 10.1 Å². The van der Waals surface area contributed by atoms with Crippen LogP contribution >= 0.6 is 0 Å². The van der Waals surface area contributed by atoms with Crippen molar-refractivity contribution in [3.63, 3.8) is 0 Å². The minimum atomic E-state index is -0.607. The van der Waals surface area contributed by atoms with Gasteiger partial charge in [0.25, 0.3) is 0 Å². The quantitative estimate of drug-likeness (QED) is 0.564. The average molecular weight is 323 g/mol. The van der Waals surface area contributed by atoms with E-state index in [1.807, 2.05) is 6.08 Å². The van der Waals surface area contributed by atoms with E-state index in [0.717, 1.165) is 6.07 Å². The number of hydrogen-bond acceptors (Lipinski definition) is 2. The van der Waals surface area contributed by atoms with E-state index in [0.29, 0.717) is 34.8 Å². The molecule has 0 aliphatic rings. The van der Waals surface area contributed by atoms with E-state index >= 15 is 0 Å². The molecule has 2 atom stereocenters. The Labute approximate surface area is 138 Å². The van der Waals surface area contributed by atoms with Crippen molar-refractivity contribution in [2.24, 2.45) is 17.8 Å². The third-order valence-electron chi connectivity index (χ3n) is 4.32. The van der Waals surface area contributed by atoms with Crippen LogP contribution in [0.1, 0.15) is 33.3 Å². The van der Waals surface area contributed by atoms with Gasteiger partial charge in [-0.25, -0.2) is 8.78 Å². The highest BCUT2D eigenvalue weighted by Gasteiger charge is 2.15. The Morgan fingerprint density at radius 1 is 1.17 bits per heavy atom. The fourth-order valence-electron chi connectivity index (χ4n) is 2.33. The van der Waals surface area contributed by atoms with Gasteiger partial charge in [0, 0.05) is 30.5 Å². The van der Waals surface area contributed by atoms with Crippen LogP contribution in [0.4, 0.5) is 8.78 Å². The maximum absolute atomic E-state index is 14.0. The van der Waals surface area contributed by atoms with Crippen molar-refractivity contribution >= 4 is 5.70 Å². The van der Waals surface area contributed by atoms with E-state index in [1.54, 1.807) is 20.2 Å². The molecule has 0 aliphatic heterocycles. The van der Waals surface area contributed by atoms with Crippen molar-refractivity contribution in [2.45, 2.75) is 27.7 Å². The summed E-state index contributed by atoms with van der Waals surface area (Å²) in [5.41, 5.74) is 0.849. The molecule has 4 heteroatoms. The Hall–Kier alpha value is -1.84. The number of rotatable bonds is 7. The van der Waals surface area contributed by atoms with E-state index in [-0.39, 0.29) is 0 Å². The first kappa shape index (κ1) is 19.2. The molecule has 23 heavy (non-hydrogen) atoms. The van der Waals surface area contributed by atoms with Gasteiger partial charge in [-0.05, 0) is 36.0 Å². The van der Waals surface area contributed by atoms with Gasteiger partial charge in [-0.1, -0.05) is 27.7 Å². The minimum absolute atomic E-state index is 0.307. The molecule has 1 aromatic rings. The lowest BCUT2D eigenvalue weighted by Gasteiger charge is -2.21. The smallest absolute Gasteiger partial charge is 0.135 e. The molecule has 0 spiro atoms. The molecule has 0 amide bonds. The predicted octanol–water partition coefficient (Wildman–Crippen LogP) is 4.98. The molecule has 1 N–H and O–H groups in total. The second kappa shape index (κ2) is 8.70. The van der Waals surface area contributed by atoms with E-state index in [1.165, 1.54) is 12.1 Å². The summed E-state index contributed by atoms with van der Waals surface area (Å²) in [6.07, 6.45) is 3.77. The standard InChI is InChI=1S/C19H27F2NO/c1-12(2)14(4)13(3)9-16(23-6)11-19(22-5)17-8-7-15(20)10-18(17)21/h7-14,22H,1-6H3/b16-9+,19-11-/t13?,14-/m0/s1. The highest BCUT2D eigenvalue weighted by Crippen LogP contribution is 2.24. The molecule has 0 fully saturated rings. The van der Waals surface area contributed by atoms with Gasteiger partial charge in [0.05, 0.1) is 7.11 Å². The van der Waals surface area contributed by atoms with Gasteiger partial charge in [0.1, 0.15) is 17.4 Å². The Kier molecular flexibility index (Phi) is 7.27. The average Bonchev–Trinajstić information content (AvgIpc) is 2.50. The molecular weight excluding hydrogens is 296 g/mol. The second-order valence-corrected chi connectivity index (χ2v) is 6.17. The Bertz CT molecular complexity index is 579. The number of halogens is 2. The number of hydrogen-bond donors (Lipinski definition) is 1. The van der Waals surface area contributed by atoms with E-state index < -0.39 is 11.6 Å². The fourth-order valence-corrected chi connectivity index (χ4v) is 2.33. The largest absolute Gasteiger partial charge is 0.497 e. The van der Waals surface area contributed by atoms with E-state index in [9.17, 15) is 8.78 Å². The van der Waals surface area contributed by atoms with Crippen LogP contribution in [0.25, 0.3) is 5.70 Å². The van der Waals surface area contributed by atoms with Crippen LogP contribution in [0.3, 0.4) is 0 Å². The highest BCUT2D eigenvalue weighted by molar-refractivity contribution is 5.66. The van der Waals surface area contributed by atoms with Gasteiger partial charge in [-0.3, -0.25) is 0 Å². The molecular formula is C19H27F2NO. The maximum Gasteiger partial charge on any atom is 0.135 e. The number of nitrogens with one attached hydrogen (secondary N) is 1. The summed E-state index contributed by atoms with van der Waals surface area (Å²) in [4.78, 5) is 0. The number of allylic oxidation sites excluding steroid dienone is 2. The monoisotopic (exact) mass is 323 g/mol. The van der Waals surface area contributed by atoms with Crippen LogP contribution in [0.5, 0.6) is 0 Å². The normalized spacial score (nSPS) is 15.5. The Morgan fingerprint density at radius 2 is 1.83 bits per heavy atom. The summed E-state index contributed by atoms with van der Waals surface area (Å²) in [6.45, 7) is 8.70. The molecule has 1 unspecified atom stereocenters. The summed E-state index contributed by atoms with van der Waals surface area (Å²) >= 11 is 0. The lowest BCUT2D eigenvalue weighted by Crippen LogP contribution is -2.13. The lowest BCUT2D eigenvalue weighted by atomic mass is 9.86. The van der Waals surface area contributed by atoms with Crippen LogP contribution in [0.15, 0.2) is 36.1 Å². The molecule has 1 rings (SSSR count). The van der Waals surface area contributed by atoms with Crippen LogP contribution < -0.4 is 5.32 Å². The van der Waals surface area contributed by atoms with Crippen LogP contribution in [-0.4, -0.2) is 14.2 Å². The zero-order valence-electron chi connectivity index (χ0n) is 14.8. The second-order valence-electron chi connectivity index (χ2n) is 6.17. The Morgan fingerprint density at radius 3 is 2.30 bits per heavy atom. The molecule has 0 aliphatic carbocycles. The summed E-state index contributed by atoms with van der Waals surface area (Å²) in [5, 5.41) is 2.95. The lowest BCUT2D eigenvalue weighted by molar-refractivity contribution is 0.289. The SMILES string of the molecule is CN/C(=C\C(=C/C(C)[C@@H](C)C(C)C)OC)c1ccc(F)cc1F. The van der Waals surface area contributed by atoms with Crippen LogP contribution in [0, 0.1) is 29.4 Å². The molecule has 1 aromatic carbocycles. The van der Waals surface area contributed by atoms with Crippen molar-refractivity contribution in [1.82, 2.24) is 5.32 Å². The molecule has 128 valence electrons. The molecule has 0 aromatic heterocycles. The van der Waals surface area contributed by atoms with E-state index in [4.69, 9.17) is 4.74 Å². The summed E-state index contributed by atoms with van der Waals surface area (Å²) < 4.78 is 32.4. The first-order valence-corrected chi connectivity index (χ1v) is 7.90. The topological polar surface area (TPSA) is 21.3 Å². The molecule has 0 heterocycles. The summed E-state index contributed by atoms with van der Waals surface area (Å²) in [6, 6.07) is 3.53. The van der Waals surface area contributed by atoms with Crippen molar-refractivity contribution in [1.29, 1.82) is 0 Å². The van der Waals surface area contributed by atoms with Gasteiger partial charge in [0.15, 0.2) is 0 Å². The number of methoxy groups -OCH3 is 1. The molecule has 0 bridgehead atoms. The Balaban J connectivity index is 3.15. The van der Waals surface area contributed by atoms with Crippen LogP contribution in [0.2, 0.25) is 0 Å². The van der Waals surface area contributed by atoms with Gasteiger partial charge in [0.2, 0.25) is 0 Å². The van der Waals surface area contributed by atoms with Crippen LogP contribution in [-0.2, 0) is 4.74 Å².